The maximum Gasteiger partial charge on any atom is 0.408 e. The molecule has 1 heterocycles. The predicted octanol–water partition coefficient (Wildman–Crippen LogP) is 3.52. The predicted molar refractivity (Wildman–Crippen MR) is 306 cm³/mol. The topological polar surface area (TPSA) is 298 Å². The highest BCUT2D eigenvalue weighted by molar-refractivity contribution is 5.97. The number of alkyl carbamates (subject to hydrolysis) is 1. The van der Waals surface area contributed by atoms with Gasteiger partial charge in [-0.1, -0.05) is 83.5 Å². The first kappa shape index (κ1) is 68.4. The van der Waals surface area contributed by atoms with Crippen LogP contribution in [0.4, 0.5) is 15.3 Å². The number of likely N-dealkylation sites (N-methyl/N-ethyl adjacent to an activating group) is 2. The van der Waals surface area contributed by atoms with Gasteiger partial charge >= 0.3 is 18.1 Å². The molecule has 9 atom stereocenters. The minimum absolute atomic E-state index is 0.0565. The van der Waals surface area contributed by atoms with Crippen LogP contribution >= 0.6 is 0 Å². The van der Waals surface area contributed by atoms with Gasteiger partial charge in [0.1, 0.15) is 24.2 Å². The van der Waals surface area contributed by atoms with Crippen LogP contribution in [0, 0.1) is 17.8 Å². The van der Waals surface area contributed by atoms with E-state index in [1.165, 1.54) is 21.3 Å². The average molecular weight is 1140 g/mol. The SMILES string of the molecule is CC[C@H](C)C([C@@H](CC(=O)N1CCC[C@H]1[C@H](OC)[C@@H](C)C(=O)N[C@@H](Cc1ccccc1)C(=O)OC)OC)N(C)C(=O)CNC(=O)C(C(C)C)N(C)CCc1ccc(NC(=O)[C@H](CCCNC(N)=O)NC(=O)CNC(=O)OC(C)(C)C)cc1. The number of anilines is 1. The number of benzene rings is 2. The molecule has 9 amide bonds. The normalized spacial score (nSPS) is 16.3. The maximum atomic E-state index is 14.3. The number of nitrogens with zero attached hydrogens (tertiary/aromatic N) is 3. The second kappa shape index (κ2) is 33.8. The van der Waals surface area contributed by atoms with E-state index >= 15 is 0 Å². The summed E-state index contributed by atoms with van der Waals surface area (Å²) in [5.41, 5.74) is 6.63. The van der Waals surface area contributed by atoms with E-state index in [4.69, 9.17) is 24.7 Å². The number of likely N-dealkylation sites (tertiary alicyclic amines) is 1. The van der Waals surface area contributed by atoms with Gasteiger partial charge in [0.2, 0.25) is 35.4 Å². The average Bonchev–Trinajstić information content (AvgIpc) is 3.98. The van der Waals surface area contributed by atoms with Crippen LogP contribution in [-0.4, -0.2) is 184 Å². The van der Waals surface area contributed by atoms with Gasteiger partial charge in [0, 0.05) is 53.0 Å². The fourth-order valence-electron chi connectivity index (χ4n) is 10.1. The Morgan fingerprint density at radius 3 is 2.04 bits per heavy atom. The van der Waals surface area contributed by atoms with Crippen molar-refractivity contribution in [2.45, 2.75) is 155 Å². The van der Waals surface area contributed by atoms with E-state index < -0.39 is 96.3 Å². The highest BCUT2D eigenvalue weighted by atomic mass is 16.6. The number of esters is 1. The summed E-state index contributed by atoms with van der Waals surface area (Å²) in [6.07, 6.45) is 0.928. The zero-order valence-electron chi connectivity index (χ0n) is 49.9. The molecule has 23 nitrogen and oxygen atoms in total. The van der Waals surface area contributed by atoms with Gasteiger partial charge < -0.3 is 66.4 Å². The molecule has 8 N–H and O–H groups in total. The van der Waals surface area contributed by atoms with Gasteiger partial charge in [0.05, 0.1) is 56.3 Å². The van der Waals surface area contributed by atoms with E-state index in [1.54, 1.807) is 56.7 Å². The molecule has 3 rings (SSSR count). The van der Waals surface area contributed by atoms with E-state index in [-0.39, 0.29) is 61.9 Å². The van der Waals surface area contributed by atoms with Crippen molar-refractivity contribution in [3.63, 3.8) is 0 Å². The number of carbonyl (C=O) groups is 9. The highest BCUT2D eigenvalue weighted by Crippen LogP contribution is 2.30. The fourth-order valence-corrected chi connectivity index (χ4v) is 10.1. The standard InChI is InChI=1S/C58H92N10O13/c1-14-37(4)50(45(78-11)33-47(70)68-30-19-23-44(68)51(79-12)38(5)52(72)65-43(55(75)80-13)32-40-20-16-15-17-21-40)67(10)48(71)35-61-54(74)49(36(2)3)66(9)31-28-39-24-26-41(27-25-39)63-53(73)42(22-18-29-60-56(59)76)64-46(69)34-62-57(77)81-58(6,7)8/h15-17,20-21,24-27,36-38,42-45,49-51H,14,18-19,22-23,28-35H2,1-13H3,(H,61,74)(H,62,77)(H,63,73)(H,64,69)(H,65,72)(H3,59,60,76)/t37-,38+,42-,43-,44-,45+,49?,50?,51+/m0/s1. The quantitative estimate of drug-likeness (QED) is 0.0408. The van der Waals surface area contributed by atoms with Crippen LogP contribution in [0.1, 0.15) is 105 Å². The third kappa shape index (κ3) is 22.5. The lowest BCUT2D eigenvalue weighted by Crippen LogP contribution is -2.55. The Balaban J connectivity index is 1.62. The first-order valence-corrected chi connectivity index (χ1v) is 27.9. The number of hydrogen-bond acceptors (Lipinski definition) is 14. The van der Waals surface area contributed by atoms with Crippen molar-refractivity contribution in [3.05, 3.63) is 65.7 Å². The first-order valence-electron chi connectivity index (χ1n) is 27.9. The van der Waals surface area contributed by atoms with Crippen molar-refractivity contribution >= 4 is 59.2 Å². The Bertz CT molecular complexity index is 2370. The zero-order valence-corrected chi connectivity index (χ0v) is 49.9. The molecule has 1 aliphatic heterocycles. The molecule has 452 valence electrons. The summed E-state index contributed by atoms with van der Waals surface area (Å²) in [6, 6.07) is 12.2. The minimum atomic E-state index is -1.01. The molecule has 0 aromatic heterocycles. The van der Waals surface area contributed by atoms with E-state index in [9.17, 15) is 43.2 Å². The number of hydrogen-bond donors (Lipinski definition) is 7. The third-order valence-electron chi connectivity index (χ3n) is 14.6. The summed E-state index contributed by atoms with van der Waals surface area (Å²) < 4.78 is 22.1. The Morgan fingerprint density at radius 1 is 0.790 bits per heavy atom. The second-order valence-electron chi connectivity index (χ2n) is 22.2. The number of amides is 9. The number of urea groups is 1. The molecule has 0 spiro atoms. The van der Waals surface area contributed by atoms with Crippen molar-refractivity contribution in [3.8, 4) is 0 Å². The van der Waals surface area contributed by atoms with Crippen molar-refractivity contribution in [2.75, 3.05) is 73.5 Å². The van der Waals surface area contributed by atoms with Crippen molar-refractivity contribution in [1.82, 2.24) is 41.3 Å². The Hall–Kier alpha value is -6.85. The largest absolute Gasteiger partial charge is 0.467 e. The molecular weight excluding hydrogens is 1040 g/mol. The monoisotopic (exact) mass is 1140 g/mol. The highest BCUT2D eigenvalue weighted by Gasteiger charge is 2.43. The van der Waals surface area contributed by atoms with Crippen LogP contribution in [0.25, 0.3) is 0 Å². The molecule has 1 aliphatic rings. The van der Waals surface area contributed by atoms with E-state index in [2.05, 4.69) is 31.9 Å². The summed E-state index contributed by atoms with van der Waals surface area (Å²) in [6.45, 7) is 15.0. The molecule has 1 saturated heterocycles. The molecule has 2 aromatic carbocycles. The number of carbonyl (C=O) groups excluding carboxylic acids is 9. The van der Waals surface area contributed by atoms with Gasteiger partial charge in [-0.05, 0) is 95.0 Å². The number of nitrogens with one attached hydrogen (secondary N) is 6. The van der Waals surface area contributed by atoms with Crippen LogP contribution in [0.15, 0.2) is 54.6 Å². The van der Waals surface area contributed by atoms with Crippen molar-refractivity contribution < 1.29 is 62.1 Å². The molecule has 0 radical (unpaired) electrons. The fraction of sp³-hybridized carbons (Fsp3) is 0.638. The van der Waals surface area contributed by atoms with Crippen LogP contribution in [0.2, 0.25) is 0 Å². The molecule has 0 aliphatic carbocycles. The number of nitrogens with two attached hydrogens (primary N) is 1. The van der Waals surface area contributed by atoms with E-state index in [0.29, 0.717) is 50.9 Å². The number of primary amides is 1. The summed E-state index contributed by atoms with van der Waals surface area (Å²) in [5, 5.41) is 16.0. The third-order valence-corrected chi connectivity index (χ3v) is 14.6. The smallest absolute Gasteiger partial charge is 0.408 e. The zero-order chi connectivity index (χ0) is 60.6. The van der Waals surface area contributed by atoms with Gasteiger partial charge in [0.15, 0.2) is 0 Å². The van der Waals surface area contributed by atoms with Gasteiger partial charge in [-0.2, -0.15) is 0 Å². The van der Waals surface area contributed by atoms with Gasteiger partial charge in [0.25, 0.3) is 0 Å². The summed E-state index contributed by atoms with van der Waals surface area (Å²) in [4.78, 5) is 123. The molecule has 23 heteroatoms. The number of rotatable bonds is 32. The van der Waals surface area contributed by atoms with E-state index in [1.807, 2.05) is 82.1 Å². The van der Waals surface area contributed by atoms with Gasteiger partial charge in [-0.3, -0.25) is 33.7 Å². The van der Waals surface area contributed by atoms with E-state index in [0.717, 1.165) is 11.1 Å². The van der Waals surface area contributed by atoms with Crippen LogP contribution in [-0.2, 0) is 65.4 Å². The second-order valence-corrected chi connectivity index (χ2v) is 22.2. The Labute approximate surface area is 478 Å². The summed E-state index contributed by atoms with van der Waals surface area (Å²) in [5.74, 6) is -4.02. The summed E-state index contributed by atoms with van der Waals surface area (Å²) in [7, 11) is 7.78. The number of methoxy groups -OCH3 is 3. The molecule has 1 fully saturated rings. The van der Waals surface area contributed by atoms with Crippen molar-refractivity contribution in [1.29, 1.82) is 0 Å². The maximum absolute atomic E-state index is 14.3. The molecule has 0 bridgehead atoms. The van der Waals surface area contributed by atoms with Crippen LogP contribution in [0.5, 0.6) is 0 Å². The first-order chi connectivity index (χ1) is 38.2. The lowest BCUT2D eigenvalue weighted by atomic mass is 9.90. The van der Waals surface area contributed by atoms with Crippen molar-refractivity contribution in [2.24, 2.45) is 23.5 Å². The Kier molecular flexibility index (Phi) is 28.5. The van der Waals surface area contributed by atoms with Crippen LogP contribution in [0.3, 0.4) is 0 Å². The Morgan fingerprint density at radius 2 is 1.46 bits per heavy atom. The molecule has 81 heavy (non-hydrogen) atoms. The lowest BCUT2D eigenvalue weighted by molar-refractivity contribution is -0.148. The molecule has 2 unspecified atom stereocenters. The molecular formula is C58H92N10O13. The van der Waals surface area contributed by atoms with Gasteiger partial charge in [-0.25, -0.2) is 14.4 Å². The van der Waals surface area contributed by atoms with Crippen LogP contribution < -0.4 is 37.6 Å². The molecule has 2 aromatic rings. The molecule has 0 saturated carbocycles. The van der Waals surface area contributed by atoms with Gasteiger partial charge in [-0.15, -0.1) is 0 Å². The lowest BCUT2D eigenvalue weighted by Gasteiger charge is -2.39. The minimum Gasteiger partial charge on any atom is -0.467 e. The summed E-state index contributed by atoms with van der Waals surface area (Å²) >= 11 is 0. The number of ether oxygens (including phenoxy) is 4.